The SMILES string of the molecule is CN1C(=O)C2(NC(=O)c3cc(Cc4ccccc4)on3)C3C(c4ccccc41)C32C. The number of anilines is 1. The molecule has 2 saturated carbocycles. The maximum absolute atomic E-state index is 13.4. The molecule has 0 radical (unpaired) electrons. The Morgan fingerprint density at radius 3 is 2.63 bits per heavy atom. The number of hydrogen-bond donors (Lipinski definition) is 1. The van der Waals surface area contributed by atoms with Crippen LogP contribution in [0.2, 0.25) is 0 Å². The third kappa shape index (κ3) is 2.01. The van der Waals surface area contributed by atoms with E-state index in [0.29, 0.717) is 18.1 Å². The number of likely N-dealkylation sites (N-methyl/N-ethyl adjacent to an activating group) is 1. The predicted molar refractivity (Wildman–Crippen MR) is 110 cm³/mol. The van der Waals surface area contributed by atoms with Crippen LogP contribution in [0.25, 0.3) is 0 Å². The summed E-state index contributed by atoms with van der Waals surface area (Å²) in [5.41, 5.74) is 2.31. The highest BCUT2D eigenvalue weighted by atomic mass is 16.5. The highest BCUT2D eigenvalue weighted by molar-refractivity contribution is 6.12. The average Bonchev–Trinajstić information content (AvgIpc) is 3.45. The lowest BCUT2D eigenvalue weighted by Crippen LogP contribution is -2.56. The van der Waals surface area contributed by atoms with Gasteiger partial charge in [-0.3, -0.25) is 9.59 Å². The fourth-order valence-electron chi connectivity index (χ4n) is 5.69. The molecule has 150 valence electrons. The Morgan fingerprint density at radius 2 is 1.87 bits per heavy atom. The monoisotopic (exact) mass is 399 g/mol. The molecule has 2 aromatic carbocycles. The van der Waals surface area contributed by atoms with Crippen molar-refractivity contribution in [1.29, 1.82) is 0 Å². The van der Waals surface area contributed by atoms with Crippen molar-refractivity contribution >= 4 is 17.5 Å². The molecule has 6 nitrogen and oxygen atoms in total. The van der Waals surface area contributed by atoms with Gasteiger partial charge in [0.2, 0.25) is 0 Å². The molecule has 7 rings (SSSR count). The van der Waals surface area contributed by atoms with E-state index < -0.39 is 5.54 Å². The molecule has 30 heavy (non-hydrogen) atoms. The Balaban J connectivity index is 1.25. The van der Waals surface area contributed by atoms with Crippen molar-refractivity contribution in [3.8, 4) is 0 Å². The molecule has 2 aliphatic carbocycles. The van der Waals surface area contributed by atoms with E-state index in [-0.39, 0.29) is 28.8 Å². The van der Waals surface area contributed by atoms with Gasteiger partial charge in [-0.25, -0.2) is 0 Å². The van der Waals surface area contributed by atoms with Crippen molar-refractivity contribution in [3.05, 3.63) is 83.2 Å². The lowest BCUT2D eigenvalue weighted by Gasteiger charge is -2.29. The van der Waals surface area contributed by atoms with Crippen molar-refractivity contribution < 1.29 is 14.1 Å². The number of carbonyl (C=O) groups is 2. The largest absolute Gasteiger partial charge is 0.360 e. The zero-order chi connectivity index (χ0) is 20.7. The Morgan fingerprint density at radius 1 is 1.17 bits per heavy atom. The second-order valence-electron chi connectivity index (χ2n) is 8.76. The first kappa shape index (κ1) is 17.4. The van der Waals surface area contributed by atoms with E-state index in [1.54, 1.807) is 18.0 Å². The van der Waals surface area contributed by atoms with Crippen molar-refractivity contribution in [3.63, 3.8) is 0 Å². The lowest BCUT2D eigenvalue weighted by molar-refractivity contribution is -0.123. The number of carbonyl (C=O) groups excluding carboxylic acids is 2. The molecule has 4 unspecified atom stereocenters. The van der Waals surface area contributed by atoms with Crippen LogP contribution in [-0.4, -0.2) is 29.6 Å². The number of amides is 2. The molecular weight excluding hydrogens is 378 g/mol. The minimum absolute atomic E-state index is 0.0578. The van der Waals surface area contributed by atoms with Crippen LogP contribution in [-0.2, 0) is 11.2 Å². The second-order valence-corrected chi connectivity index (χ2v) is 8.76. The number of rotatable bonds is 4. The summed E-state index contributed by atoms with van der Waals surface area (Å²) in [6, 6.07) is 19.5. The standard InChI is InChI=1S/C24H21N3O3/c1-23-19-16-10-6-7-11-18(16)27(2)22(29)24(23,20(19)23)25-21(28)17-13-15(30-26-17)12-14-8-4-3-5-9-14/h3-11,13,19-20H,12H2,1-2H3,(H,25,28). The minimum Gasteiger partial charge on any atom is -0.360 e. The number of benzene rings is 2. The number of para-hydroxylation sites is 1. The van der Waals surface area contributed by atoms with E-state index in [0.717, 1.165) is 11.3 Å². The number of hydrogen-bond acceptors (Lipinski definition) is 4. The summed E-state index contributed by atoms with van der Waals surface area (Å²) < 4.78 is 5.37. The van der Waals surface area contributed by atoms with E-state index in [9.17, 15) is 9.59 Å². The molecule has 6 heteroatoms. The summed E-state index contributed by atoms with van der Waals surface area (Å²) >= 11 is 0. The van der Waals surface area contributed by atoms with Crippen LogP contribution in [0.4, 0.5) is 5.69 Å². The molecular formula is C24H21N3O3. The van der Waals surface area contributed by atoms with Crippen molar-refractivity contribution in [2.75, 3.05) is 11.9 Å². The van der Waals surface area contributed by atoms with Crippen LogP contribution in [0.15, 0.2) is 65.2 Å². The van der Waals surface area contributed by atoms with Crippen LogP contribution in [0.5, 0.6) is 0 Å². The summed E-state index contributed by atoms with van der Waals surface area (Å²) in [5, 5.41) is 6.99. The van der Waals surface area contributed by atoms with Crippen molar-refractivity contribution in [2.24, 2.45) is 11.3 Å². The Kier molecular flexibility index (Phi) is 3.25. The molecule has 1 aromatic heterocycles. The maximum Gasteiger partial charge on any atom is 0.274 e. The van der Waals surface area contributed by atoms with Crippen LogP contribution < -0.4 is 10.2 Å². The topological polar surface area (TPSA) is 75.4 Å². The van der Waals surface area contributed by atoms with Crippen LogP contribution in [0.1, 0.15) is 40.2 Å². The third-order valence-electron chi connectivity index (χ3n) is 7.35. The molecule has 3 aromatic rings. The molecule has 2 bridgehead atoms. The van der Waals surface area contributed by atoms with Gasteiger partial charge in [0.1, 0.15) is 11.3 Å². The van der Waals surface area contributed by atoms with Crippen LogP contribution >= 0.6 is 0 Å². The Labute approximate surface area is 173 Å². The number of fused-ring (bicyclic) bond motifs is 1. The summed E-state index contributed by atoms with van der Waals surface area (Å²) in [6.45, 7) is 2.10. The highest BCUT2D eigenvalue weighted by Crippen LogP contribution is 2.91. The minimum atomic E-state index is -0.860. The van der Waals surface area contributed by atoms with Gasteiger partial charge in [-0.2, -0.15) is 0 Å². The first-order chi connectivity index (χ1) is 14.5. The Bertz CT molecular complexity index is 1200. The van der Waals surface area contributed by atoms with Gasteiger partial charge in [-0.05, 0) is 17.2 Å². The number of nitrogens with zero attached hydrogens (tertiary/aromatic N) is 2. The van der Waals surface area contributed by atoms with Gasteiger partial charge in [0.25, 0.3) is 11.8 Å². The third-order valence-corrected chi connectivity index (χ3v) is 7.35. The molecule has 1 N–H and O–H groups in total. The molecule has 0 saturated heterocycles. The van der Waals surface area contributed by atoms with Gasteiger partial charge in [0.15, 0.2) is 5.69 Å². The fourth-order valence-corrected chi connectivity index (χ4v) is 5.69. The molecule has 2 aliphatic heterocycles. The first-order valence-corrected chi connectivity index (χ1v) is 10.2. The van der Waals surface area contributed by atoms with Gasteiger partial charge < -0.3 is 14.7 Å². The molecule has 3 heterocycles. The normalized spacial score (nSPS) is 30.2. The highest BCUT2D eigenvalue weighted by Gasteiger charge is 2.98. The fraction of sp³-hybridized carbons (Fsp3) is 0.292. The molecule has 2 amide bonds. The zero-order valence-electron chi connectivity index (χ0n) is 16.8. The van der Waals surface area contributed by atoms with Gasteiger partial charge in [-0.15, -0.1) is 0 Å². The smallest absolute Gasteiger partial charge is 0.274 e. The number of nitrogens with one attached hydrogen (secondary N) is 1. The van der Waals surface area contributed by atoms with E-state index in [2.05, 4.69) is 23.5 Å². The van der Waals surface area contributed by atoms with E-state index in [1.807, 2.05) is 48.5 Å². The summed E-state index contributed by atoms with van der Waals surface area (Å²) in [6.07, 6.45) is 0.561. The van der Waals surface area contributed by atoms with E-state index in [4.69, 9.17) is 4.52 Å². The summed E-state index contributed by atoms with van der Waals surface area (Å²) in [7, 11) is 1.78. The molecule has 2 fully saturated rings. The molecule has 4 atom stereocenters. The zero-order valence-corrected chi connectivity index (χ0v) is 16.8. The van der Waals surface area contributed by atoms with Gasteiger partial charge >= 0.3 is 0 Å². The average molecular weight is 399 g/mol. The Hall–Kier alpha value is -3.41. The molecule has 4 aliphatic rings. The molecule has 0 spiro atoms. The quantitative estimate of drug-likeness (QED) is 0.731. The van der Waals surface area contributed by atoms with Crippen LogP contribution in [0.3, 0.4) is 0 Å². The summed E-state index contributed by atoms with van der Waals surface area (Å²) in [4.78, 5) is 28.1. The van der Waals surface area contributed by atoms with Gasteiger partial charge in [0, 0.05) is 42.5 Å². The van der Waals surface area contributed by atoms with Gasteiger partial charge in [0.05, 0.1) is 0 Å². The second kappa shape index (κ2) is 5.59. The first-order valence-electron chi connectivity index (χ1n) is 10.2. The maximum atomic E-state index is 13.4. The lowest BCUT2D eigenvalue weighted by atomic mass is 9.86. The predicted octanol–water partition coefficient (Wildman–Crippen LogP) is 3.14. The van der Waals surface area contributed by atoms with Crippen molar-refractivity contribution in [1.82, 2.24) is 10.5 Å². The van der Waals surface area contributed by atoms with Crippen LogP contribution in [0, 0.1) is 11.3 Å². The number of aromatic nitrogens is 1. The van der Waals surface area contributed by atoms with Crippen molar-refractivity contribution in [2.45, 2.75) is 24.8 Å². The van der Waals surface area contributed by atoms with E-state index >= 15 is 0 Å². The van der Waals surface area contributed by atoms with E-state index in [1.165, 1.54) is 5.56 Å². The summed E-state index contributed by atoms with van der Waals surface area (Å²) in [5.74, 6) is 0.623. The van der Waals surface area contributed by atoms with Gasteiger partial charge in [-0.1, -0.05) is 60.6 Å².